The van der Waals surface area contributed by atoms with Gasteiger partial charge in [0.1, 0.15) is 5.82 Å². The lowest BCUT2D eigenvalue weighted by Gasteiger charge is -2.28. The second kappa shape index (κ2) is 5.72. The molecule has 0 aliphatic rings. The lowest BCUT2D eigenvalue weighted by molar-refractivity contribution is 0.0292. The molecule has 2 aromatic rings. The number of aliphatic hydroxyl groups is 1. The van der Waals surface area contributed by atoms with Gasteiger partial charge in [0, 0.05) is 17.0 Å². The summed E-state index contributed by atoms with van der Waals surface area (Å²) in [6.45, 7) is 1.84. The van der Waals surface area contributed by atoms with Crippen molar-refractivity contribution in [2.45, 2.75) is 25.4 Å². The Bertz CT molecular complexity index is 556. The van der Waals surface area contributed by atoms with Gasteiger partial charge in [0.05, 0.1) is 5.60 Å². The Morgan fingerprint density at radius 2 is 1.84 bits per heavy atom. The Morgan fingerprint density at radius 1 is 1.16 bits per heavy atom. The molecule has 1 N–H and O–H groups in total. The molecule has 0 radical (unpaired) electrons. The summed E-state index contributed by atoms with van der Waals surface area (Å²) in [5.41, 5.74) is 0.0557. The van der Waals surface area contributed by atoms with Gasteiger partial charge in [0.2, 0.25) is 0 Å². The molecule has 2 rings (SSSR count). The van der Waals surface area contributed by atoms with Crippen LogP contribution in [0.3, 0.4) is 0 Å². The van der Waals surface area contributed by atoms with Crippen molar-refractivity contribution in [3.8, 4) is 0 Å². The molecule has 19 heavy (non-hydrogen) atoms. The smallest absolute Gasteiger partial charge is 0.130 e. The van der Waals surface area contributed by atoms with Gasteiger partial charge in [-0.15, -0.1) is 0 Å². The maximum atomic E-state index is 14.0. The van der Waals surface area contributed by atoms with Crippen molar-refractivity contribution in [3.05, 3.63) is 70.5 Å². The number of benzene rings is 2. The Hall–Kier alpha value is -1.38. The van der Waals surface area contributed by atoms with E-state index in [1.807, 2.05) is 37.3 Å². The highest BCUT2D eigenvalue weighted by Gasteiger charge is 2.30. The van der Waals surface area contributed by atoms with Gasteiger partial charge >= 0.3 is 0 Å². The van der Waals surface area contributed by atoms with Crippen LogP contribution in [-0.4, -0.2) is 5.11 Å². The quantitative estimate of drug-likeness (QED) is 0.883. The van der Waals surface area contributed by atoms with Gasteiger partial charge < -0.3 is 5.11 Å². The predicted molar refractivity (Wildman–Crippen MR) is 75.7 cm³/mol. The van der Waals surface area contributed by atoms with E-state index in [4.69, 9.17) is 11.6 Å². The molecule has 1 nitrogen and oxygen atoms in total. The fraction of sp³-hybridized carbons (Fsp3) is 0.250. The number of hydrogen-bond donors (Lipinski definition) is 1. The van der Waals surface area contributed by atoms with Crippen molar-refractivity contribution >= 4 is 11.6 Å². The average Bonchev–Trinajstić information content (AvgIpc) is 2.39. The van der Waals surface area contributed by atoms with Crippen LogP contribution in [0, 0.1) is 5.82 Å². The van der Waals surface area contributed by atoms with E-state index in [0.717, 1.165) is 5.56 Å². The summed E-state index contributed by atoms with van der Waals surface area (Å²) in [6, 6.07) is 14.0. The summed E-state index contributed by atoms with van der Waals surface area (Å²) >= 11 is 5.75. The first kappa shape index (κ1) is 14.0. The topological polar surface area (TPSA) is 20.2 Å². The van der Waals surface area contributed by atoms with Gasteiger partial charge in [-0.1, -0.05) is 54.9 Å². The standard InChI is InChI=1S/C16H16ClFO/c1-2-16(19,11-12-6-4-3-5-7-12)14-9-8-13(17)10-15(14)18/h3-10,19H,2,11H2,1H3. The van der Waals surface area contributed by atoms with Crippen molar-refractivity contribution in [1.29, 1.82) is 0 Å². The fourth-order valence-electron chi connectivity index (χ4n) is 2.21. The summed E-state index contributed by atoms with van der Waals surface area (Å²) in [5, 5.41) is 11.1. The minimum atomic E-state index is -1.21. The van der Waals surface area contributed by atoms with Crippen molar-refractivity contribution in [2.24, 2.45) is 0 Å². The monoisotopic (exact) mass is 278 g/mol. The predicted octanol–water partition coefficient (Wildman–Crippen LogP) is 4.32. The zero-order chi connectivity index (χ0) is 13.9. The molecule has 100 valence electrons. The van der Waals surface area contributed by atoms with Crippen LogP contribution in [0.15, 0.2) is 48.5 Å². The molecule has 0 amide bonds. The molecule has 1 unspecified atom stereocenters. The van der Waals surface area contributed by atoms with Crippen LogP contribution in [-0.2, 0) is 12.0 Å². The van der Waals surface area contributed by atoms with E-state index in [1.54, 1.807) is 12.1 Å². The van der Waals surface area contributed by atoms with Crippen LogP contribution < -0.4 is 0 Å². The molecule has 0 saturated carbocycles. The summed E-state index contributed by atoms with van der Waals surface area (Å²) in [6.07, 6.45) is 0.809. The first-order valence-electron chi connectivity index (χ1n) is 6.27. The van der Waals surface area contributed by atoms with Crippen LogP contribution >= 0.6 is 11.6 Å². The molecule has 0 fully saturated rings. The largest absolute Gasteiger partial charge is 0.385 e. The maximum absolute atomic E-state index is 14.0. The third-order valence-corrected chi connectivity index (χ3v) is 3.59. The van der Waals surface area contributed by atoms with E-state index in [2.05, 4.69) is 0 Å². The minimum absolute atomic E-state index is 0.295. The van der Waals surface area contributed by atoms with Crippen LogP contribution in [0.5, 0.6) is 0 Å². The molecular weight excluding hydrogens is 263 g/mol. The third-order valence-electron chi connectivity index (χ3n) is 3.36. The number of hydrogen-bond acceptors (Lipinski definition) is 1. The molecule has 1 atom stereocenters. The molecule has 0 aliphatic carbocycles. The van der Waals surface area contributed by atoms with Crippen molar-refractivity contribution in [3.63, 3.8) is 0 Å². The lowest BCUT2D eigenvalue weighted by Crippen LogP contribution is -2.29. The minimum Gasteiger partial charge on any atom is -0.385 e. The van der Waals surface area contributed by atoms with Crippen LogP contribution in [0.25, 0.3) is 0 Å². The van der Waals surface area contributed by atoms with Gasteiger partial charge in [-0.05, 0) is 24.1 Å². The summed E-state index contributed by atoms with van der Waals surface area (Å²) in [7, 11) is 0. The zero-order valence-corrected chi connectivity index (χ0v) is 11.5. The highest BCUT2D eigenvalue weighted by atomic mass is 35.5. The van der Waals surface area contributed by atoms with Crippen molar-refractivity contribution in [2.75, 3.05) is 0 Å². The molecule has 0 heterocycles. The first-order valence-corrected chi connectivity index (χ1v) is 6.65. The second-order valence-electron chi connectivity index (χ2n) is 4.67. The normalized spacial score (nSPS) is 14.1. The number of rotatable bonds is 4. The summed E-state index contributed by atoms with van der Waals surface area (Å²) in [5.74, 6) is -0.465. The van der Waals surface area contributed by atoms with Crippen LogP contribution in [0.2, 0.25) is 5.02 Å². The van der Waals surface area contributed by atoms with Gasteiger partial charge in [-0.25, -0.2) is 4.39 Å². The first-order chi connectivity index (χ1) is 9.05. The van der Waals surface area contributed by atoms with E-state index in [1.165, 1.54) is 6.07 Å². The van der Waals surface area contributed by atoms with Crippen LogP contribution in [0.1, 0.15) is 24.5 Å². The van der Waals surface area contributed by atoms with Crippen molar-refractivity contribution in [1.82, 2.24) is 0 Å². The highest BCUT2D eigenvalue weighted by molar-refractivity contribution is 6.30. The third kappa shape index (κ3) is 3.14. The second-order valence-corrected chi connectivity index (χ2v) is 5.11. The van der Waals surface area contributed by atoms with Gasteiger partial charge in [-0.3, -0.25) is 0 Å². The lowest BCUT2D eigenvalue weighted by atomic mass is 9.85. The van der Waals surface area contributed by atoms with E-state index in [0.29, 0.717) is 23.4 Å². The molecule has 0 bridgehead atoms. The molecule has 0 aromatic heterocycles. The fourth-order valence-corrected chi connectivity index (χ4v) is 2.37. The Balaban J connectivity index is 2.36. The maximum Gasteiger partial charge on any atom is 0.130 e. The molecule has 3 heteroatoms. The molecular formula is C16H16ClFO. The van der Waals surface area contributed by atoms with E-state index in [-0.39, 0.29) is 0 Å². The number of halogens is 2. The van der Waals surface area contributed by atoms with E-state index < -0.39 is 11.4 Å². The Morgan fingerprint density at radius 3 is 2.42 bits per heavy atom. The molecule has 0 aliphatic heterocycles. The van der Waals surface area contributed by atoms with Crippen LogP contribution in [0.4, 0.5) is 4.39 Å². The molecule has 2 aromatic carbocycles. The summed E-state index contributed by atoms with van der Waals surface area (Å²) < 4.78 is 14.0. The average molecular weight is 279 g/mol. The molecule has 0 spiro atoms. The zero-order valence-electron chi connectivity index (χ0n) is 10.7. The molecule has 0 saturated heterocycles. The van der Waals surface area contributed by atoms with Crippen molar-refractivity contribution < 1.29 is 9.50 Å². The van der Waals surface area contributed by atoms with E-state index in [9.17, 15) is 9.50 Å². The summed E-state index contributed by atoms with van der Waals surface area (Å²) in [4.78, 5) is 0. The van der Waals surface area contributed by atoms with Gasteiger partial charge in [-0.2, -0.15) is 0 Å². The van der Waals surface area contributed by atoms with Gasteiger partial charge in [0.25, 0.3) is 0 Å². The Labute approximate surface area is 117 Å². The Kier molecular flexibility index (Phi) is 4.23. The SMILES string of the molecule is CCC(O)(Cc1ccccc1)c1ccc(Cl)cc1F. The highest BCUT2D eigenvalue weighted by Crippen LogP contribution is 2.32. The van der Waals surface area contributed by atoms with Gasteiger partial charge in [0.15, 0.2) is 0 Å². The van der Waals surface area contributed by atoms with E-state index >= 15 is 0 Å².